The highest BCUT2D eigenvalue weighted by Gasteiger charge is 1.95. The van der Waals surface area contributed by atoms with Crippen LogP contribution < -0.4 is 0 Å². The minimum Gasteiger partial charge on any atom is -0.479 e. The third-order valence-electron chi connectivity index (χ3n) is 0.596. The summed E-state index contributed by atoms with van der Waals surface area (Å²) in [5, 5.41) is 8.10. The Labute approximate surface area is 47.1 Å². The minimum absolute atomic E-state index is 0.0694. The van der Waals surface area contributed by atoms with Gasteiger partial charge in [0.05, 0.1) is 6.57 Å². The molecule has 42 valence electrons. The lowest BCUT2D eigenvalue weighted by molar-refractivity contribution is -0.132. The largest absolute Gasteiger partial charge is 0.479 e. The summed E-state index contributed by atoms with van der Waals surface area (Å²) < 4.78 is 0. The third-order valence-corrected chi connectivity index (χ3v) is 0.596. The van der Waals surface area contributed by atoms with Crippen molar-refractivity contribution in [3.8, 4) is 0 Å². The Morgan fingerprint density at radius 1 is 1.88 bits per heavy atom. The SMILES string of the molecule is [C-]#[N+]C=C(C)C(=O)O. The third kappa shape index (κ3) is 1.98. The number of hydrogen-bond donors (Lipinski definition) is 1. The monoisotopic (exact) mass is 111 g/mol. The molecule has 0 heterocycles. The molecule has 0 saturated heterocycles. The van der Waals surface area contributed by atoms with Crippen LogP contribution in [0.25, 0.3) is 4.85 Å². The quantitative estimate of drug-likeness (QED) is 0.403. The van der Waals surface area contributed by atoms with E-state index >= 15 is 0 Å². The number of carbonyl (C=O) groups is 1. The Hall–Kier alpha value is -1.30. The summed E-state index contributed by atoms with van der Waals surface area (Å²) in [5.74, 6) is -1.04. The van der Waals surface area contributed by atoms with E-state index in [0.717, 1.165) is 6.20 Å². The Kier molecular flexibility index (Phi) is 2.35. The van der Waals surface area contributed by atoms with Gasteiger partial charge in [0.2, 0.25) is 0 Å². The highest BCUT2D eigenvalue weighted by molar-refractivity contribution is 5.85. The molecular formula is C5H5NO2. The average molecular weight is 111 g/mol. The topological polar surface area (TPSA) is 41.7 Å². The smallest absolute Gasteiger partial charge is 0.320 e. The van der Waals surface area contributed by atoms with Crippen molar-refractivity contribution in [1.29, 1.82) is 0 Å². The highest BCUT2D eigenvalue weighted by atomic mass is 16.4. The molecule has 0 aliphatic heterocycles. The molecule has 0 atom stereocenters. The molecule has 0 bridgehead atoms. The Morgan fingerprint density at radius 3 is 2.50 bits per heavy atom. The molecule has 0 aliphatic rings. The summed E-state index contributed by atoms with van der Waals surface area (Å²) >= 11 is 0. The number of carboxylic acids is 1. The van der Waals surface area contributed by atoms with Gasteiger partial charge in [0.1, 0.15) is 0 Å². The van der Waals surface area contributed by atoms with Gasteiger partial charge in [0, 0.05) is 5.57 Å². The lowest BCUT2D eigenvalue weighted by Crippen LogP contribution is -1.93. The van der Waals surface area contributed by atoms with Crippen LogP contribution in [0.5, 0.6) is 0 Å². The van der Waals surface area contributed by atoms with Gasteiger partial charge < -0.3 is 5.11 Å². The average Bonchev–Trinajstić information content (AvgIpc) is 1.67. The zero-order valence-electron chi connectivity index (χ0n) is 4.38. The van der Waals surface area contributed by atoms with Crippen molar-refractivity contribution in [1.82, 2.24) is 0 Å². The van der Waals surface area contributed by atoms with E-state index in [1.807, 2.05) is 0 Å². The van der Waals surface area contributed by atoms with Crippen molar-refractivity contribution in [3.63, 3.8) is 0 Å². The molecule has 0 aromatic carbocycles. The molecule has 0 spiro atoms. The van der Waals surface area contributed by atoms with Crippen LogP contribution in [0, 0.1) is 6.57 Å². The van der Waals surface area contributed by atoms with E-state index in [1.54, 1.807) is 0 Å². The Bertz CT molecular complexity index is 164. The van der Waals surface area contributed by atoms with Crippen molar-refractivity contribution in [3.05, 3.63) is 23.2 Å². The Balaban J connectivity index is 4.06. The Morgan fingerprint density at radius 2 is 2.38 bits per heavy atom. The second-order valence-corrected chi connectivity index (χ2v) is 1.25. The van der Waals surface area contributed by atoms with Crippen LogP contribution in [-0.2, 0) is 4.79 Å². The number of rotatable bonds is 1. The normalized spacial score (nSPS) is 10.2. The van der Waals surface area contributed by atoms with Crippen LogP contribution in [0.2, 0.25) is 0 Å². The number of carboxylic acid groups (broad SMARTS) is 1. The van der Waals surface area contributed by atoms with Gasteiger partial charge >= 0.3 is 5.97 Å². The molecular weight excluding hydrogens is 106 g/mol. The molecule has 0 aromatic heterocycles. The maximum absolute atomic E-state index is 9.88. The van der Waals surface area contributed by atoms with E-state index in [2.05, 4.69) is 4.85 Å². The van der Waals surface area contributed by atoms with E-state index in [9.17, 15) is 4.79 Å². The minimum atomic E-state index is -1.04. The molecule has 0 fully saturated rings. The van der Waals surface area contributed by atoms with Gasteiger partial charge in [-0.1, -0.05) is 0 Å². The predicted octanol–water partition coefficient (Wildman–Crippen LogP) is 0.894. The first-order valence-electron chi connectivity index (χ1n) is 1.95. The van der Waals surface area contributed by atoms with Crippen LogP contribution in [0.3, 0.4) is 0 Å². The maximum atomic E-state index is 9.88. The molecule has 3 nitrogen and oxygen atoms in total. The number of aliphatic carboxylic acids is 1. The standard InChI is InChI=1S/C5H5NO2/c1-4(3-6-2)5(7)8/h3H,1H3,(H,7,8). The zero-order chi connectivity index (χ0) is 6.57. The van der Waals surface area contributed by atoms with E-state index in [-0.39, 0.29) is 5.57 Å². The fraction of sp³-hybridized carbons (Fsp3) is 0.200. The molecule has 0 rings (SSSR count). The summed E-state index contributed by atoms with van der Waals surface area (Å²) in [7, 11) is 0. The lowest BCUT2D eigenvalue weighted by Gasteiger charge is -1.83. The first-order chi connectivity index (χ1) is 3.68. The first kappa shape index (κ1) is 6.70. The van der Waals surface area contributed by atoms with Gasteiger partial charge in [-0.2, -0.15) is 0 Å². The van der Waals surface area contributed by atoms with Crippen molar-refractivity contribution in [2.24, 2.45) is 0 Å². The number of hydrogen-bond acceptors (Lipinski definition) is 1. The molecule has 0 amide bonds. The fourth-order valence-electron chi connectivity index (χ4n) is 0.152. The predicted molar refractivity (Wildman–Crippen MR) is 28.0 cm³/mol. The number of nitrogens with zero attached hydrogens (tertiary/aromatic N) is 1. The van der Waals surface area contributed by atoms with Gasteiger partial charge in [0.15, 0.2) is 6.20 Å². The summed E-state index contributed by atoms with van der Waals surface area (Å²) in [4.78, 5) is 12.6. The van der Waals surface area contributed by atoms with Crippen LogP contribution >= 0.6 is 0 Å². The van der Waals surface area contributed by atoms with E-state index < -0.39 is 5.97 Å². The fourth-order valence-corrected chi connectivity index (χ4v) is 0.152. The molecule has 0 unspecified atom stereocenters. The molecule has 3 heteroatoms. The zero-order valence-corrected chi connectivity index (χ0v) is 4.38. The van der Waals surface area contributed by atoms with Crippen molar-refractivity contribution in [2.45, 2.75) is 6.92 Å². The van der Waals surface area contributed by atoms with E-state index in [4.69, 9.17) is 11.7 Å². The van der Waals surface area contributed by atoms with Crippen molar-refractivity contribution < 1.29 is 9.90 Å². The summed E-state index contributed by atoms with van der Waals surface area (Å²) in [5.41, 5.74) is 0.0694. The van der Waals surface area contributed by atoms with Gasteiger partial charge in [-0.3, -0.25) is 0 Å². The highest BCUT2D eigenvalue weighted by Crippen LogP contribution is 1.90. The summed E-state index contributed by atoms with van der Waals surface area (Å²) in [6.07, 6.45) is 0.975. The summed E-state index contributed by atoms with van der Waals surface area (Å²) in [6, 6.07) is 0. The van der Waals surface area contributed by atoms with E-state index in [0.29, 0.717) is 0 Å². The van der Waals surface area contributed by atoms with Crippen LogP contribution in [-0.4, -0.2) is 11.1 Å². The lowest BCUT2D eigenvalue weighted by atomic mass is 10.3. The second-order valence-electron chi connectivity index (χ2n) is 1.25. The van der Waals surface area contributed by atoms with Gasteiger partial charge in [-0.15, -0.1) is 0 Å². The summed E-state index contributed by atoms with van der Waals surface area (Å²) in [6.45, 7) is 7.59. The van der Waals surface area contributed by atoms with E-state index in [1.165, 1.54) is 6.92 Å². The second kappa shape index (κ2) is 2.80. The molecule has 0 aliphatic carbocycles. The molecule has 8 heavy (non-hydrogen) atoms. The van der Waals surface area contributed by atoms with Gasteiger partial charge in [-0.25, -0.2) is 9.64 Å². The molecule has 0 saturated carbocycles. The van der Waals surface area contributed by atoms with Gasteiger partial charge in [-0.05, 0) is 6.92 Å². The van der Waals surface area contributed by atoms with Crippen molar-refractivity contribution in [2.75, 3.05) is 0 Å². The molecule has 0 aromatic rings. The molecule has 0 radical (unpaired) electrons. The van der Waals surface area contributed by atoms with Crippen LogP contribution in [0.1, 0.15) is 6.92 Å². The maximum Gasteiger partial charge on any atom is 0.320 e. The van der Waals surface area contributed by atoms with Crippen LogP contribution in [0.4, 0.5) is 0 Å². The first-order valence-corrected chi connectivity index (χ1v) is 1.95. The van der Waals surface area contributed by atoms with Gasteiger partial charge in [0.25, 0.3) is 0 Å². The molecule has 1 N–H and O–H groups in total. The van der Waals surface area contributed by atoms with Crippen molar-refractivity contribution >= 4 is 5.97 Å². The van der Waals surface area contributed by atoms with Crippen LogP contribution in [0.15, 0.2) is 11.8 Å².